The fourth-order valence-corrected chi connectivity index (χ4v) is 1.43. The summed E-state index contributed by atoms with van der Waals surface area (Å²) in [7, 11) is 0. The summed E-state index contributed by atoms with van der Waals surface area (Å²) in [5, 5.41) is 17.7. The summed E-state index contributed by atoms with van der Waals surface area (Å²) in [4.78, 5) is 31.5. The highest BCUT2D eigenvalue weighted by atomic mass is 16.4. The molecule has 0 radical (unpaired) electrons. The molecule has 2 aromatic heterocycles. The number of rotatable bonds is 6. The van der Waals surface area contributed by atoms with Crippen molar-refractivity contribution in [2.45, 2.75) is 12.8 Å². The minimum absolute atomic E-state index is 0.0975. The Bertz CT molecular complexity index is 602. The number of carboxylic acids is 1. The molecule has 100 valence electrons. The lowest BCUT2D eigenvalue weighted by Gasteiger charge is -2.03. The van der Waals surface area contributed by atoms with Gasteiger partial charge in [-0.05, 0) is 6.42 Å². The first kappa shape index (κ1) is 12.7. The molecule has 4 N–H and O–H groups in total. The van der Waals surface area contributed by atoms with E-state index >= 15 is 0 Å². The van der Waals surface area contributed by atoms with Crippen molar-refractivity contribution in [1.82, 2.24) is 25.1 Å². The van der Waals surface area contributed by atoms with Gasteiger partial charge >= 0.3 is 11.7 Å². The third-order valence-corrected chi connectivity index (χ3v) is 2.32. The molecule has 0 aliphatic rings. The molecule has 0 fully saturated rings. The van der Waals surface area contributed by atoms with Crippen molar-refractivity contribution in [2.75, 3.05) is 11.9 Å². The van der Waals surface area contributed by atoms with Crippen molar-refractivity contribution in [3.05, 3.63) is 34.4 Å². The van der Waals surface area contributed by atoms with E-state index in [0.717, 1.165) is 6.42 Å². The maximum atomic E-state index is 10.8. The van der Waals surface area contributed by atoms with Crippen LogP contribution in [0.15, 0.2) is 17.2 Å². The van der Waals surface area contributed by atoms with Crippen LogP contribution in [0.2, 0.25) is 0 Å². The van der Waals surface area contributed by atoms with E-state index in [1.165, 1.54) is 12.4 Å². The van der Waals surface area contributed by atoms with E-state index in [4.69, 9.17) is 5.11 Å². The topological polar surface area (TPSA) is 137 Å². The van der Waals surface area contributed by atoms with Crippen LogP contribution in [0, 0.1) is 0 Å². The minimum Gasteiger partial charge on any atom is -0.476 e. The van der Waals surface area contributed by atoms with Crippen LogP contribution in [-0.4, -0.2) is 42.8 Å². The van der Waals surface area contributed by atoms with Gasteiger partial charge in [-0.3, -0.25) is 4.98 Å². The number of aryl methyl sites for hydroxylation is 1. The smallest absolute Gasteiger partial charge is 0.356 e. The fraction of sp³-hybridized carbons (Fsp3) is 0.300. The number of aromatic nitrogens is 5. The molecule has 0 unspecified atom stereocenters. The molecule has 0 aliphatic heterocycles. The van der Waals surface area contributed by atoms with Crippen molar-refractivity contribution < 1.29 is 9.90 Å². The summed E-state index contributed by atoms with van der Waals surface area (Å²) >= 11 is 0. The van der Waals surface area contributed by atoms with E-state index in [2.05, 4.69) is 30.5 Å². The molecular weight excluding hydrogens is 252 g/mol. The summed E-state index contributed by atoms with van der Waals surface area (Å²) in [6.45, 7) is 0.607. The Balaban J connectivity index is 1.76. The Morgan fingerprint density at radius 2 is 2.21 bits per heavy atom. The maximum Gasteiger partial charge on any atom is 0.356 e. The van der Waals surface area contributed by atoms with Crippen LogP contribution < -0.4 is 11.0 Å². The van der Waals surface area contributed by atoms with Gasteiger partial charge in [0.1, 0.15) is 11.6 Å². The predicted molar refractivity (Wildman–Crippen MR) is 65.0 cm³/mol. The Labute approximate surface area is 107 Å². The van der Waals surface area contributed by atoms with E-state index in [1.807, 2.05) is 0 Å². The molecule has 0 spiro atoms. The number of carbonyl (C=O) groups is 1. The first-order valence-corrected chi connectivity index (χ1v) is 5.58. The monoisotopic (exact) mass is 264 g/mol. The third-order valence-electron chi connectivity index (χ3n) is 2.32. The molecule has 0 aromatic carbocycles. The van der Waals surface area contributed by atoms with E-state index in [9.17, 15) is 9.59 Å². The van der Waals surface area contributed by atoms with Crippen LogP contribution in [-0.2, 0) is 6.42 Å². The van der Waals surface area contributed by atoms with Gasteiger partial charge in [0.05, 0.1) is 12.4 Å². The Morgan fingerprint density at radius 3 is 2.79 bits per heavy atom. The average Bonchev–Trinajstić information content (AvgIpc) is 2.81. The minimum atomic E-state index is -1.11. The van der Waals surface area contributed by atoms with Gasteiger partial charge in [-0.2, -0.15) is 5.10 Å². The van der Waals surface area contributed by atoms with Gasteiger partial charge in [0.15, 0.2) is 5.69 Å². The van der Waals surface area contributed by atoms with Gasteiger partial charge in [0, 0.05) is 13.0 Å². The standard InChI is InChI=1S/C10H12N6O3/c17-9(18)6-4-13-8(5-12-6)11-3-1-2-7-14-10(19)16-15-7/h4-5H,1-3H2,(H,11,13)(H,17,18)(H2,14,15,16,19). The van der Waals surface area contributed by atoms with E-state index < -0.39 is 5.97 Å². The molecule has 2 aromatic rings. The lowest BCUT2D eigenvalue weighted by molar-refractivity contribution is 0.0690. The third kappa shape index (κ3) is 3.63. The SMILES string of the molecule is O=C(O)c1cnc(NCCCc2n[nH]c(=O)[nH]2)cn1. The van der Waals surface area contributed by atoms with E-state index in [0.29, 0.717) is 24.6 Å². The van der Waals surface area contributed by atoms with Gasteiger partial charge in [-0.15, -0.1) is 0 Å². The second kappa shape index (κ2) is 5.76. The molecule has 0 atom stereocenters. The molecule has 0 saturated heterocycles. The van der Waals surface area contributed by atoms with Gasteiger partial charge in [0.2, 0.25) is 0 Å². The largest absolute Gasteiger partial charge is 0.476 e. The van der Waals surface area contributed by atoms with Crippen LogP contribution in [0.1, 0.15) is 22.7 Å². The molecule has 9 nitrogen and oxygen atoms in total. The number of hydrogen-bond donors (Lipinski definition) is 4. The zero-order chi connectivity index (χ0) is 13.7. The van der Waals surface area contributed by atoms with Gasteiger partial charge in [-0.25, -0.2) is 24.7 Å². The second-order valence-corrected chi connectivity index (χ2v) is 3.75. The van der Waals surface area contributed by atoms with E-state index in [-0.39, 0.29) is 11.4 Å². The Kier molecular flexibility index (Phi) is 3.86. The van der Waals surface area contributed by atoms with Gasteiger partial charge in [-0.1, -0.05) is 0 Å². The van der Waals surface area contributed by atoms with Crippen LogP contribution in [0.3, 0.4) is 0 Å². The van der Waals surface area contributed by atoms with Crippen LogP contribution >= 0.6 is 0 Å². The first-order valence-electron chi connectivity index (χ1n) is 5.58. The molecule has 0 saturated carbocycles. The summed E-state index contributed by atoms with van der Waals surface area (Å²) in [5.41, 5.74) is -0.419. The number of aromatic amines is 2. The number of nitrogens with one attached hydrogen (secondary N) is 3. The summed E-state index contributed by atoms with van der Waals surface area (Å²) in [6.07, 6.45) is 3.91. The molecule has 0 amide bonds. The second-order valence-electron chi connectivity index (χ2n) is 3.75. The van der Waals surface area contributed by atoms with Crippen molar-refractivity contribution in [3.63, 3.8) is 0 Å². The summed E-state index contributed by atoms with van der Waals surface area (Å²) in [6, 6.07) is 0. The van der Waals surface area contributed by atoms with Crippen molar-refractivity contribution in [3.8, 4) is 0 Å². The zero-order valence-electron chi connectivity index (χ0n) is 9.88. The number of carboxylic acid groups (broad SMARTS) is 1. The van der Waals surface area contributed by atoms with Crippen LogP contribution in [0.25, 0.3) is 0 Å². The van der Waals surface area contributed by atoms with Crippen molar-refractivity contribution in [1.29, 1.82) is 0 Å². The van der Waals surface area contributed by atoms with Crippen molar-refractivity contribution >= 4 is 11.8 Å². The molecular formula is C10H12N6O3. The first-order chi connectivity index (χ1) is 9.15. The number of H-pyrrole nitrogens is 2. The average molecular weight is 264 g/mol. The maximum absolute atomic E-state index is 10.8. The highest BCUT2D eigenvalue weighted by Crippen LogP contribution is 2.01. The highest BCUT2D eigenvalue weighted by Gasteiger charge is 2.04. The number of aromatic carboxylic acids is 1. The lowest BCUT2D eigenvalue weighted by atomic mass is 10.3. The fourth-order valence-electron chi connectivity index (χ4n) is 1.43. The van der Waals surface area contributed by atoms with Gasteiger partial charge in [0.25, 0.3) is 0 Å². The predicted octanol–water partition coefficient (Wildman–Crippen LogP) is -0.369. The molecule has 0 aliphatic carbocycles. The molecule has 2 rings (SSSR count). The molecule has 9 heteroatoms. The normalized spacial score (nSPS) is 10.3. The van der Waals surface area contributed by atoms with Gasteiger partial charge < -0.3 is 10.4 Å². The van der Waals surface area contributed by atoms with Crippen LogP contribution in [0.5, 0.6) is 0 Å². The molecule has 2 heterocycles. The van der Waals surface area contributed by atoms with Crippen LogP contribution in [0.4, 0.5) is 5.82 Å². The summed E-state index contributed by atoms with van der Waals surface area (Å²) < 4.78 is 0. The quantitative estimate of drug-likeness (QED) is 0.522. The van der Waals surface area contributed by atoms with Crippen molar-refractivity contribution in [2.24, 2.45) is 0 Å². The molecule has 19 heavy (non-hydrogen) atoms. The number of hydrogen-bond acceptors (Lipinski definition) is 6. The summed E-state index contributed by atoms with van der Waals surface area (Å²) in [5.74, 6) is -0.0128. The zero-order valence-corrected chi connectivity index (χ0v) is 9.88. The number of anilines is 1. The highest BCUT2D eigenvalue weighted by molar-refractivity contribution is 5.84. The number of nitrogens with zero attached hydrogens (tertiary/aromatic N) is 3. The van der Waals surface area contributed by atoms with E-state index in [1.54, 1.807) is 0 Å². The Hall–Kier alpha value is -2.71. The lowest BCUT2D eigenvalue weighted by Crippen LogP contribution is -2.08. The molecule has 0 bridgehead atoms. The Morgan fingerprint density at radius 1 is 1.37 bits per heavy atom.